The van der Waals surface area contributed by atoms with E-state index in [1.807, 2.05) is 60.7 Å². The summed E-state index contributed by atoms with van der Waals surface area (Å²) < 4.78 is 11.0. The lowest BCUT2D eigenvalue weighted by Gasteiger charge is -2.33. The number of carbonyl (C=O) groups is 2. The van der Waals surface area contributed by atoms with Crippen molar-refractivity contribution in [2.45, 2.75) is 23.8 Å². The molecule has 2 heterocycles. The molecule has 2 fully saturated rings. The number of thioether (sulfide) groups is 1. The minimum Gasteiger partial charge on any atom is -0.490 e. The van der Waals surface area contributed by atoms with Crippen LogP contribution in [0.5, 0.6) is 5.75 Å². The van der Waals surface area contributed by atoms with Gasteiger partial charge in [-0.1, -0.05) is 48.5 Å². The standard InChI is InChI=1S/C21H21NO4S/c23-19-11-12-21(16-7-3-1-4-8-16)22(19)18(15-27-21)20(24)26-14-13-25-17-9-5-2-6-10-17/h1-10,18H,11-15H2/t18-,21+/m1/s1. The van der Waals surface area contributed by atoms with Crippen LogP contribution in [0.15, 0.2) is 60.7 Å². The SMILES string of the molecule is O=C(OCCOc1ccccc1)[C@H]1CS[C@]2(c3ccccc3)CCC(=O)N12. The number of amides is 1. The molecule has 2 saturated heterocycles. The van der Waals surface area contributed by atoms with Crippen molar-refractivity contribution in [3.63, 3.8) is 0 Å². The van der Waals surface area contributed by atoms with Crippen LogP contribution in [0, 0.1) is 0 Å². The van der Waals surface area contributed by atoms with Crippen LogP contribution in [0.2, 0.25) is 0 Å². The number of ether oxygens (including phenoxy) is 2. The first kappa shape index (κ1) is 17.9. The summed E-state index contributed by atoms with van der Waals surface area (Å²) in [5.74, 6) is 0.959. The van der Waals surface area contributed by atoms with Gasteiger partial charge in [-0.3, -0.25) is 4.79 Å². The Morgan fingerprint density at radius 2 is 1.78 bits per heavy atom. The molecule has 2 aliphatic rings. The van der Waals surface area contributed by atoms with E-state index in [0.717, 1.165) is 17.7 Å². The summed E-state index contributed by atoms with van der Waals surface area (Å²) in [7, 11) is 0. The molecule has 4 rings (SSSR count). The molecule has 5 nitrogen and oxygen atoms in total. The second-order valence-electron chi connectivity index (χ2n) is 6.57. The Balaban J connectivity index is 1.39. The number of fused-ring (bicyclic) bond motifs is 1. The lowest BCUT2D eigenvalue weighted by Crippen LogP contribution is -2.46. The zero-order chi connectivity index (χ0) is 18.7. The normalized spacial score (nSPS) is 23.9. The van der Waals surface area contributed by atoms with Gasteiger partial charge in [0, 0.05) is 12.2 Å². The highest BCUT2D eigenvalue weighted by atomic mass is 32.2. The first-order valence-corrected chi connectivity index (χ1v) is 10.1. The number of hydrogen-bond donors (Lipinski definition) is 0. The van der Waals surface area contributed by atoms with Gasteiger partial charge in [0.1, 0.15) is 29.9 Å². The minimum absolute atomic E-state index is 0.0198. The molecule has 27 heavy (non-hydrogen) atoms. The average Bonchev–Trinajstić information content (AvgIpc) is 3.26. The molecule has 0 aliphatic carbocycles. The highest BCUT2D eigenvalue weighted by molar-refractivity contribution is 8.00. The maximum atomic E-state index is 12.6. The predicted octanol–water partition coefficient (Wildman–Crippen LogP) is 3.20. The monoisotopic (exact) mass is 383 g/mol. The quantitative estimate of drug-likeness (QED) is 0.566. The summed E-state index contributed by atoms with van der Waals surface area (Å²) >= 11 is 1.66. The number of esters is 1. The van der Waals surface area contributed by atoms with E-state index in [2.05, 4.69) is 0 Å². The number of benzene rings is 2. The van der Waals surface area contributed by atoms with Gasteiger partial charge in [-0.2, -0.15) is 0 Å². The highest BCUT2D eigenvalue weighted by Crippen LogP contribution is 2.54. The first-order valence-electron chi connectivity index (χ1n) is 9.07. The predicted molar refractivity (Wildman–Crippen MR) is 103 cm³/mol. The van der Waals surface area contributed by atoms with Crippen molar-refractivity contribution < 1.29 is 19.1 Å². The van der Waals surface area contributed by atoms with Gasteiger partial charge in [0.05, 0.1) is 0 Å². The molecule has 2 aliphatic heterocycles. The van der Waals surface area contributed by atoms with Gasteiger partial charge in [-0.25, -0.2) is 4.79 Å². The highest BCUT2D eigenvalue weighted by Gasteiger charge is 2.57. The fourth-order valence-corrected chi connectivity index (χ4v) is 5.37. The second-order valence-corrected chi connectivity index (χ2v) is 7.87. The molecule has 140 valence electrons. The van der Waals surface area contributed by atoms with Crippen LogP contribution < -0.4 is 4.74 Å². The zero-order valence-electron chi connectivity index (χ0n) is 14.9. The maximum Gasteiger partial charge on any atom is 0.329 e. The van der Waals surface area contributed by atoms with Crippen LogP contribution in [-0.4, -0.2) is 41.8 Å². The summed E-state index contributed by atoms with van der Waals surface area (Å²) in [5, 5.41) is 0. The van der Waals surface area contributed by atoms with Crippen LogP contribution in [0.25, 0.3) is 0 Å². The van der Waals surface area contributed by atoms with Crippen molar-refractivity contribution in [3.05, 3.63) is 66.2 Å². The Kier molecular flexibility index (Phi) is 5.07. The zero-order valence-corrected chi connectivity index (χ0v) is 15.7. The van der Waals surface area contributed by atoms with E-state index in [1.165, 1.54) is 0 Å². The van der Waals surface area contributed by atoms with E-state index >= 15 is 0 Å². The Morgan fingerprint density at radius 3 is 2.52 bits per heavy atom. The lowest BCUT2D eigenvalue weighted by molar-refractivity contribution is -0.154. The third-order valence-corrected chi connectivity index (χ3v) is 6.56. The number of nitrogens with zero attached hydrogens (tertiary/aromatic N) is 1. The molecule has 0 radical (unpaired) electrons. The van der Waals surface area contributed by atoms with E-state index in [4.69, 9.17) is 9.47 Å². The molecular formula is C21H21NO4S. The van der Waals surface area contributed by atoms with Crippen LogP contribution in [-0.2, 0) is 19.2 Å². The van der Waals surface area contributed by atoms with Gasteiger partial charge in [-0.05, 0) is 24.1 Å². The van der Waals surface area contributed by atoms with Crippen molar-refractivity contribution >= 4 is 23.6 Å². The van der Waals surface area contributed by atoms with Crippen LogP contribution in [0.3, 0.4) is 0 Å². The largest absolute Gasteiger partial charge is 0.490 e. The second kappa shape index (κ2) is 7.64. The molecule has 0 bridgehead atoms. The van der Waals surface area contributed by atoms with Crippen LogP contribution in [0.1, 0.15) is 18.4 Å². The Labute approximate surface area is 162 Å². The topological polar surface area (TPSA) is 55.8 Å². The van der Waals surface area contributed by atoms with Crippen molar-refractivity contribution in [3.8, 4) is 5.75 Å². The van der Waals surface area contributed by atoms with E-state index in [1.54, 1.807) is 16.7 Å². The van der Waals surface area contributed by atoms with Crippen molar-refractivity contribution in [1.82, 2.24) is 4.90 Å². The summed E-state index contributed by atoms with van der Waals surface area (Å²) in [6.45, 7) is 0.447. The van der Waals surface area contributed by atoms with E-state index in [9.17, 15) is 9.59 Å². The molecule has 0 unspecified atom stereocenters. The molecule has 0 N–H and O–H groups in total. The van der Waals surface area contributed by atoms with Gasteiger partial charge in [-0.15, -0.1) is 11.8 Å². The Bertz CT molecular complexity index is 813. The fourth-order valence-electron chi connectivity index (χ4n) is 3.73. The van der Waals surface area contributed by atoms with Gasteiger partial charge >= 0.3 is 5.97 Å². The smallest absolute Gasteiger partial charge is 0.329 e. The van der Waals surface area contributed by atoms with E-state index in [-0.39, 0.29) is 25.1 Å². The number of rotatable bonds is 6. The molecule has 2 atom stereocenters. The lowest BCUT2D eigenvalue weighted by atomic mass is 10.0. The molecule has 6 heteroatoms. The molecular weight excluding hydrogens is 362 g/mol. The van der Waals surface area contributed by atoms with Gasteiger partial charge < -0.3 is 14.4 Å². The number of carbonyl (C=O) groups excluding carboxylic acids is 2. The number of hydrogen-bond acceptors (Lipinski definition) is 5. The minimum atomic E-state index is -0.540. The van der Waals surface area contributed by atoms with Crippen molar-refractivity contribution in [1.29, 1.82) is 0 Å². The van der Waals surface area contributed by atoms with E-state index < -0.39 is 10.9 Å². The summed E-state index contributed by atoms with van der Waals surface area (Å²) in [6.07, 6.45) is 1.18. The molecule has 2 aromatic rings. The molecule has 2 aromatic carbocycles. The molecule has 0 spiro atoms. The van der Waals surface area contributed by atoms with Gasteiger partial charge in [0.2, 0.25) is 5.91 Å². The summed E-state index contributed by atoms with van der Waals surface area (Å²) in [4.78, 5) is 26.5. The fraction of sp³-hybridized carbons (Fsp3) is 0.333. The Hall–Kier alpha value is -2.47. The van der Waals surface area contributed by atoms with Crippen LogP contribution >= 0.6 is 11.8 Å². The molecule has 0 aromatic heterocycles. The first-order chi connectivity index (χ1) is 13.2. The molecule has 0 saturated carbocycles. The van der Waals surface area contributed by atoms with Crippen molar-refractivity contribution in [2.75, 3.05) is 19.0 Å². The Morgan fingerprint density at radius 1 is 1.07 bits per heavy atom. The van der Waals surface area contributed by atoms with Crippen LogP contribution in [0.4, 0.5) is 0 Å². The van der Waals surface area contributed by atoms with E-state index in [0.29, 0.717) is 12.2 Å². The summed E-state index contributed by atoms with van der Waals surface area (Å²) in [5.41, 5.74) is 1.07. The van der Waals surface area contributed by atoms with Crippen molar-refractivity contribution in [2.24, 2.45) is 0 Å². The summed E-state index contributed by atoms with van der Waals surface area (Å²) in [6, 6.07) is 18.8. The maximum absolute atomic E-state index is 12.6. The number of para-hydroxylation sites is 1. The van der Waals surface area contributed by atoms with Gasteiger partial charge in [0.15, 0.2) is 0 Å². The third kappa shape index (κ3) is 3.41. The molecule has 1 amide bonds. The third-order valence-electron chi connectivity index (χ3n) is 4.96. The average molecular weight is 383 g/mol. The van der Waals surface area contributed by atoms with Gasteiger partial charge in [0.25, 0.3) is 0 Å².